The summed E-state index contributed by atoms with van der Waals surface area (Å²) >= 11 is 12.1. The number of Topliss-reactive ketones (excluding diaryl/α,β-unsaturated/α-hetero) is 1. The average Bonchev–Trinajstić information content (AvgIpc) is 2.35. The zero-order valence-electron chi connectivity index (χ0n) is 10.6. The van der Waals surface area contributed by atoms with E-state index in [9.17, 15) is 4.79 Å². The topological polar surface area (TPSA) is 17.1 Å². The Balaban J connectivity index is 2.09. The van der Waals surface area contributed by atoms with Gasteiger partial charge in [0.25, 0.3) is 0 Å². The van der Waals surface area contributed by atoms with Gasteiger partial charge in [-0.3, -0.25) is 4.79 Å². The first-order valence-electron chi connectivity index (χ1n) is 6.56. The first-order valence-corrected chi connectivity index (χ1v) is 7.32. The van der Waals surface area contributed by atoms with E-state index in [1.807, 2.05) is 12.1 Å². The Bertz CT molecular complexity index is 442. The Morgan fingerprint density at radius 2 is 2.11 bits per heavy atom. The van der Waals surface area contributed by atoms with E-state index in [0.29, 0.717) is 21.7 Å². The van der Waals surface area contributed by atoms with Gasteiger partial charge in [-0.05, 0) is 42.9 Å². The minimum Gasteiger partial charge on any atom is -0.299 e. The van der Waals surface area contributed by atoms with Gasteiger partial charge in [-0.2, -0.15) is 0 Å². The lowest BCUT2D eigenvalue weighted by molar-refractivity contribution is -0.125. The minimum absolute atomic E-state index is 0.141. The van der Waals surface area contributed by atoms with Crippen LogP contribution in [0.2, 0.25) is 10.0 Å². The summed E-state index contributed by atoms with van der Waals surface area (Å²) in [4.78, 5) is 12.0. The van der Waals surface area contributed by atoms with Gasteiger partial charge in [-0.15, -0.1) is 0 Å². The molecule has 0 aliphatic heterocycles. The molecule has 1 nitrogen and oxygen atoms in total. The number of carbonyl (C=O) groups excluding carboxylic acids is 1. The average molecular weight is 285 g/mol. The molecule has 2 atom stereocenters. The van der Waals surface area contributed by atoms with Crippen LogP contribution in [0, 0.1) is 11.8 Å². The van der Waals surface area contributed by atoms with Crippen LogP contribution in [0.5, 0.6) is 0 Å². The molecule has 3 heteroatoms. The van der Waals surface area contributed by atoms with Crippen LogP contribution < -0.4 is 0 Å². The predicted molar refractivity (Wildman–Crippen MR) is 76.3 cm³/mol. The van der Waals surface area contributed by atoms with Gasteiger partial charge in [-0.1, -0.05) is 42.6 Å². The van der Waals surface area contributed by atoms with E-state index in [1.54, 1.807) is 6.07 Å². The molecule has 0 saturated heterocycles. The summed E-state index contributed by atoms with van der Waals surface area (Å²) in [5.74, 6) is 1.23. The van der Waals surface area contributed by atoms with E-state index in [2.05, 4.69) is 6.92 Å². The second-order valence-electron chi connectivity index (χ2n) is 5.15. The van der Waals surface area contributed by atoms with E-state index < -0.39 is 0 Å². The van der Waals surface area contributed by atoms with Crippen molar-refractivity contribution in [2.24, 2.45) is 11.8 Å². The molecule has 2 unspecified atom stereocenters. The smallest absolute Gasteiger partial charge is 0.136 e. The highest BCUT2D eigenvalue weighted by molar-refractivity contribution is 6.35. The molecule has 0 amide bonds. The third-order valence-electron chi connectivity index (χ3n) is 3.93. The third kappa shape index (κ3) is 3.27. The van der Waals surface area contributed by atoms with Crippen LogP contribution in [0.1, 0.15) is 38.2 Å². The van der Waals surface area contributed by atoms with E-state index in [-0.39, 0.29) is 5.92 Å². The highest BCUT2D eigenvalue weighted by atomic mass is 35.5. The van der Waals surface area contributed by atoms with Crippen molar-refractivity contribution in [3.05, 3.63) is 33.8 Å². The number of benzene rings is 1. The van der Waals surface area contributed by atoms with Gasteiger partial charge in [0.2, 0.25) is 0 Å². The molecule has 0 spiro atoms. The van der Waals surface area contributed by atoms with Crippen molar-refractivity contribution < 1.29 is 4.79 Å². The number of carbonyl (C=O) groups is 1. The van der Waals surface area contributed by atoms with Gasteiger partial charge in [0.05, 0.1) is 0 Å². The normalized spacial score (nSPS) is 24.3. The number of ketones is 1. The Hall–Kier alpha value is -0.530. The largest absolute Gasteiger partial charge is 0.299 e. The van der Waals surface area contributed by atoms with E-state index in [4.69, 9.17) is 23.2 Å². The molecule has 18 heavy (non-hydrogen) atoms. The molecule has 1 aromatic carbocycles. The number of hydrogen-bond donors (Lipinski definition) is 0. The molecule has 2 rings (SSSR count). The Morgan fingerprint density at radius 3 is 2.78 bits per heavy atom. The van der Waals surface area contributed by atoms with Crippen molar-refractivity contribution in [1.82, 2.24) is 0 Å². The molecule has 0 radical (unpaired) electrons. The summed E-state index contributed by atoms with van der Waals surface area (Å²) in [6.07, 6.45) is 4.71. The molecule has 1 aliphatic carbocycles. The molecule has 1 fully saturated rings. The lowest BCUT2D eigenvalue weighted by Gasteiger charge is -2.27. The lowest BCUT2D eigenvalue weighted by atomic mass is 9.77. The van der Waals surface area contributed by atoms with Gasteiger partial charge in [-0.25, -0.2) is 0 Å². The molecule has 0 heterocycles. The van der Waals surface area contributed by atoms with Crippen LogP contribution in [0.4, 0.5) is 0 Å². The van der Waals surface area contributed by atoms with Gasteiger partial charge in [0.15, 0.2) is 0 Å². The Labute approximate surface area is 118 Å². The van der Waals surface area contributed by atoms with Crippen LogP contribution in [0.3, 0.4) is 0 Å². The van der Waals surface area contributed by atoms with Crippen molar-refractivity contribution in [2.75, 3.05) is 0 Å². The predicted octanol–water partition coefficient (Wildman–Crippen LogP) is 4.93. The zero-order valence-corrected chi connectivity index (χ0v) is 12.1. The van der Waals surface area contributed by atoms with Gasteiger partial charge in [0.1, 0.15) is 5.78 Å². The maximum absolute atomic E-state index is 12.0. The molecule has 0 aromatic heterocycles. The maximum atomic E-state index is 12.0. The first kappa shape index (κ1) is 13.9. The second kappa shape index (κ2) is 6.08. The van der Waals surface area contributed by atoms with Crippen LogP contribution in [-0.2, 0) is 11.2 Å². The molecule has 1 aliphatic rings. The van der Waals surface area contributed by atoms with Crippen molar-refractivity contribution in [1.29, 1.82) is 0 Å². The SMILES string of the molecule is CCC1CCC(=O)C(Cc2ccc(Cl)cc2Cl)C1. The molecular formula is C15H18Cl2O. The summed E-state index contributed by atoms with van der Waals surface area (Å²) in [6, 6.07) is 5.53. The van der Waals surface area contributed by atoms with Crippen molar-refractivity contribution in [3.8, 4) is 0 Å². The van der Waals surface area contributed by atoms with Gasteiger partial charge in [0, 0.05) is 22.4 Å². The van der Waals surface area contributed by atoms with Gasteiger partial charge >= 0.3 is 0 Å². The monoisotopic (exact) mass is 284 g/mol. The first-order chi connectivity index (χ1) is 8.60. The van der Waals surface area contributed by atoms with Crippen LogP contribution in [-0.4, -0.2) is 5.78 Å². The van der Waals surface area contributed by atoms with E-state index in [1.165, 1.54) is 0 Å². The molecule has 0 N–H and O–H groups in total. The molecule has 98 valence electrons. The van der Waals surface area contributed by atoms with Crippen LogP contribution >= 0.6 is 23.2 Å². The summed E-state index contributed by atoms with van der Waals surface area (Å²) in [5, 5.41) is 1.32. The lowest BCUT2D eigenvalue weighted by Crippen LogP contribution is -2.26. The fourth-order valence-electron chi connectivity index (χ4n) is 2.72. The summed E-state index contributed by atoms with van der Waals surface area (Å²) in [5.41, 5.74) is 1.04. The van der Waals surface area contributed by atoms with E-state index in [0.717, 1.165) is 37.7 Å². The highest BCUT2D eigenvalue weighted by Crippen LogP contribution is 2.32. The third-order valence-corrected chi connectivity index (χ3v) is 4.52. The minimum atomic E-state index is 0.141. The highest BCUT2D eigenvalue weighted by Gasteiger charge is 2.28. The standard InChI is InChI=1S/C15H18Cl2O/c1-2-10-3-6-15(18)12(7-10)8-11-4-5-13(16)9-14(11)17/h4-5,9-10,12H,2-3,6-8H2,1H3. The fraction of sp³-hybridized carbons (Fsp3) is 0.533. The van der Waals surface area contributed by atoms with Crippen LogP contribution in [0.25, 0.3) is 0 Å². The summed E-state index contributed by atoms with van der Waals surface area (Å²) < 4.78 is 0. The molecular weight excluding hydrogens is 267 g/mol. The Kier molecular flexibility index (Phi) is 4.69. The fourth-order valence-corrected chi connectivity index (χ4v) is 3.21. The molecule has 1 aromatic rings. The second-order valence-corrected chi connectivity index (χ2v) is 6.00. The van der Waals surface area contributed by atoms with E-state index >= 15 is 0 Å². The van der Waals surface area contributed by atoms with Crippen molar-refractivity contribution in [2.45, 2.75) is 39.0 Å². The number of halogens is 2. The number of rotatable bonds is 3. The summed E-state index contributed by atoms with van der Waals surface area (Å²) in [6.45, 7) is 2.20. The van der Waals surface area contributed by atoms with Gasteiger partial charge < -0.3 is 0 Å². The van der Waals surface area contributed by atoms with Crippen molar-refractivity contribution >= 4 is 29.0 Å². The van der Waals surface area contributed by atoms with Crippen molar-refractivity contribution in [3.63, 3.8) is 0 Å². The quantitative estimate of drug-likeness (QED) is 0.769. The molecule has 1 saturated carbocycles. The van der Waals surface area contributed by atoms with Crippen LogP contribution in [0.15, 0.2) is 18.2 Å². The molecule has 0 bridgehead atoms. The Morgan fingerprint density at radius 1 is 1.33 bits per heavy atom. The number of hydrogen-bond acceptors (Lipinski definition) is 1. The maximum Gasteiger partial charge on any atom is 0.136 e. The zero-order chi connectivity index (χ0) is 13.1. The summed E-state index contributed by atoms with van der Waals surface area (Å²) in [7, 11) is 0.